The lowest BCUT2D eigenvalue weighted by Crippen LogP contribution is -2.38. The molecule has 16 heteroatoms. The normalized spacial score (nSPS) is 14.9. The Morgan fingerprint density at radius 2 is 1.84 bits per heavy atom. The minimum Gasteiger partial charge on any atom is -0.451 e. The maximum atomic E-state index is 15.4. The minimum absolute atomic E-state index is 0.000791. The average Bonchev–Trinajstić information content (AvgIpc) is 3.62. The highest BCUT2D eigenvalue weighted by molar-refractivity contribution is 5.98. The smallest absolute Gasteiger partial charge is 0.317 e. The minimum atomic E-state index is -1.78. The van der Waals surface area contributed by atoms with E-state index in [0.717, 1.165) is 12.1 Å². The highest BCUT2D eigenvalue weighted by Gasteiger charge is 2.31. The van der Waals surface area contributed by atoms with Crippen LogP contribution in [0.5, 0.6) is 11.5 Å². The van der Waals surface area contributed by atoms with Crippen molar-refractivity contribution in [1.82, 2.24) is 35.3 Å². The van der Waals surface area contributed by atoms with Crippen molar-refractivity contribution < 1.29 is 36.3 Å². The molecule has 0 aliphatic carbocycles. The molecule has 4 N–H and O–H groups in total. The Balaban J connectivity index is 1.40. The summed E-state index contributed by atoms with van der Waals surface area (Å²) in [6, 6.07) is 2.39. The predicted molar refractivity (Wildman–Crippen MR) is 143 cm³/mol. The number of benzene rings is 2. The van der Waals surface area contributed by atoms with Crippen LogP contribution in [0.4, 0.5) is 32.6 Å². The maximum Gasteiger partial charge on any atom is 0.317 e. The largest absolute Gasteiger partial charge is 0.451 e. The van der Waals surface area contributed by atoms with Gasteiger partial charge in [-0.3, -0.25) is 4.79 Å². The Bertz CT molecular complexity index is 1740. The summed E-state index contributed by atoms with van der Waals surface area (Å²) in [6.45, 7) is 0.751. The van der Waals surface area contributed by atoms with Crippen LogP contribution in [0.15, 0.2) is 42.7 Å². The van der Waals surface area contributed by atoms with E-state index in [2.05, 4.69) is 25.7 Å². The van der Waals surface area contributed by atoms with Crippen LogP contribution in [-0.4, -0.2) is 63.3 Å². The van der Waals surface area contributed by atoms with Gasteiger partial charge in [-0.2, -0.15) is 13.9 Å². The van der Waals surface area contributed by atoms with Gasteiger partial charge in [-0.05, 0) is 18.6 Å². The van der Waals surface area contributed by atoms with Gasteiger partial charge in [-0.25, -0.2) is 32.6 Å². The van der Waals surface area contributed by atoms with Gasteiger partial charge in [0.25, 0.3) is 0 Å². The molecule has 4 aromatic rings. The number of fused-ring (bicyclic) bond motifs is 1. The fraction of sp³-hybridized carbons (Fsp3) is 0.222. The van der Waals surface area contributed by atoms with Crippen LogP contribution >= 0.6 is 0 Å². The predicted octanol–water partition coefficient (Wildman–Crippen LogP) is 3.82. The SMILES string of the molecule is CNC(=O)/C=C/CNC(=O)N1CCC(n2nc(-c3ccc(Oc4c(F)c(F)cc(F)c4F)cc3F)c3c(N)ncnc32)C1. The lowest BCUT2D eigenvalue weighted by molar-refractivity contribution is -0.116. The van der Waals surface area contributed by atoms with Crippen LogP contribution in [0, 0.1) is 29.1 Å². The van der Waals surface area contributed by atoms with Gasteiger partial charge in [-0.15, -0.1) is 0 Å². The van der Waals surface area contributed by atoms with Crippen molar-refractivity contribution in [2.75, 3.05) is 32.4 Å². The summed E-state index contributed by atoms with van der Waals surface area (Å²) < 4.78 is 77.1. The van der Waals surface area contributed by atoms with Crippen LogP contribution in [0.25, 0.3) is 22.3 Å². The van der Waals surface area contributed by atoms with E-state index in [1.165, 1.54) is 36.3 Å². The summed E-state index contributed by atoms with van der Waals surface area (Å²) in [5.41, 5.74) is 6.34. The molecule has 43 heavy (non-hydrogen) atoms. The summed E-state index contributed by atoms with van der Waals surface area (Å²) in [5, 5.41) is 9.89. The molecule has 1 unspecified atom stereocenters. The van der Waals surface area contributed by atoms with Crippen molar-refractivity contribution in [2.24, 2.45) is 0 Å². The molecule has 0 radical (unpaired) electrons. The van der Waals surface area contributed by atoms with Crippen LogP contribution in [0.2, 0.25) is 0 Å². The number of likely N-dealkylation sites (N-methyl/N-ethyl adjacent to an activating group) is 1. The van der Waals surface area contributed by atoms with E-state index in [9.17, 15) is 27.2 Å². The molecule has 5 rings (SSSR count). The van der Waals surface area contributed by atoms with Crippen LogP contribution in [-0.2, 0) is 4.79 Å². The summed E-state index contributed by atoms with van der Waals surface area (Å²) in [6.07, 6.45) is 4.50. The number of carbonyl (C=O) groups excluding carboxylic acids is 2. The summed E-state index contributed by atoms with van der Waals surface area (Å²) in [5.74, 6) is -9.99. The standard InChI is InChI=1S/C27H23F5N8O3/c1-34-19(41)3-2-7-35-27(42)39-8-6-13(11-39)40-26-20(25(33)36-12-37-26)23(38-40)15-5-4-14(9-16(15)28)43-24-21(31)17(29)10-18(30)22(24)32/h2-5,9-10,12-13H,6-8,11H2,1H3,(H,34,41)(H,35,42)(H2,33,36,37)/b3-2+. The quantitative estimate of drug-likeness (QED) is 0.166. The van der Waals surface area contributed by atoms with Crippen molar-refractivity contribution in [3.63, 3.8) is 0 Å². The molecular weight excluding hydrogens is 579 g/mol. The van der Waals surface area contributed by atoms with Gasteiger partial charge in [-0.1, -0.05) is 6.08 Å². The second kappa shape index (κ2) is 11.9. The van der Waals surface area contributed by atoms with E-state index in [4.69, 9.17) is 10.5 Å². The number of amides is 3. The van der Waals surface area contributed by atoms with Gasteiger partial charge in [0.1, 0.15) is 29.4 Å². The molecule has 1 atom stereocenters. The molecule has 1 aliphatic rings. The molecule has 0 bridgehead atoms. The molecule has 1 saturated heterocycles. The molecule has 0 saturated carbocycles. The average molecular weight is 603 g/mol. The number of halogens is 5. The molecule has 1 aliphatic heterocycles. The number of nitrogens with one attached hydrogen (secondary N) is 2. The summed E-state index contributed by atoms with van der Waals surface area (Å²) in [4.78, 5) is 33.7. The zero-order valence-electron chi connectivity index (χ0n) is 22.4. The highest BCUT2D eigenvalue weighted by atomic mass is 19.2. The number of anilines is 1. The summed E-state index contributed by atoms with van der Waals surface area (Å²) in [7, 11) is 1.49. The zero-order valence-corrected chi connectivity index (χ0v) is 22.4. The van der Waals surface area contributed by atoms with Crippen molar-refractivity contribution in [3.05, 3.63) is 71.8 Å². The molecule has 0 spiro atoms. The second-order valence-corrected chi connectivity index (χ2v) is 9.38. The third-order valence-electron chi connectivity index (χ3n) is 6.69. The van der Waals surface area contributed by atoms with E-state index in [0.29, 0.717) is 13.0 Å². The molecule has 2 aromatic carbocycles. The topological polar surface area (TPSA) is 140 Å². The first-order valence-electron chi connectivity index (χ1n) is 12.8. The monoisotopic (exact) mass is 602 g/mol. The molecule has 2 aromatic heterocycles. The van der Waals surface area contributed by atoms with Gasteiger partial charge >= 0.3 is 6.03 Å². The Morgan fingerprint density at radius 3 is 2.53 bits per heavy atom. The van der Waals surface area contributed by atoms with Crippen molar-refractivity contribution >= 4 is 28.8 Å². The van der Waals surface area contributed by atoms with E-state index in [1.807, 2.05) is 0 Å². The number of hydrogen-bond acceptors (Lipinski definition) is 7. The van der Waals surface area contributed by atoms with Crippen molar-refractivity contribution in [1.29, 1.82) is 0 Å². The molecule has 224 valence electrons. The number of likely N-dealkylation sites (tertiary alicyclic amines) is 1. The van der Waals surface area contributed by atoms with Crippen LogP contribution < -0.4 is 21.1 Å². The first-order chi connectivity index (χ1) is 20.6. The lowest BCUT2D eigenvalue weighted by Gasteiger charge is -2.17. The van der Waals surface area contributed by atoms with Gasteiger partial charge in [0.15, 0.2) is 17.3 Å². The van der Waals surface area contributed by atoms with Gasteiger partial charge < -0.3 is 26.0 Å². The first kappa shape index (κ1) is 29.2. The van der Waals surface area contributed by atoms with Gasteiger partial charge in [0.05, 0.1) is 11.4 Å². The van der Waals surface area contributed by atoms with Crippen LogP contribution in [0.3, 0.4) is 0 Å². The number of nitrogens with two attached hydrogens (primary N) is 1. The molecule has 11 nitrogen and oxygen atoms in total. The number of ether oxygens (including phenoxy) is 1. The van der Waals surface area contributed by atoms with Crippen molar-refractivity contribution in [2.45, 2.75) is 12.5 Å². The number of rotatable bonds is 7. The molecule has 3 amide bonds. The number of hydrogen-bond donors (Lipinski definition) is 3. The van der Waals surface area contributed by atoms with Crippen LogP contribution in [0.1, 0.15) is 12.5 Å². The fourth-order valence-electron chi connectivity index (χ4n) is 4.58. The maximum absolute atomic E-state index is 15.4. The second-order valence-electron chi connectivity index (χ2n) is 9.38. The Hall–Kier alpha value is -5.28. The molecular formula is C27H23F5N8O3. The zero-order chi connectivity index (χ0) is 30.8. The molecule has 1 fully saturated rings. The third kappa shape index (κ3) is 5.75. The van der Waals surface area contributed by atoms with E-state index >= 15 is 4.39 Å². The number of nitrogens with zero attached hydrogens (tertiary/aromatic N) is 5. The van der Waals surface area contributed by atoms with Gasteiger partial charge in [0.2, 0.25) is 23.3 Å². The van der Waals surface area contributed by atoms with Gasteiger partial charge in [0, 0.05) is 50.5 Å². The third-order valence-corrected chi connectivity index (χ3v) is 6.69. The Labute approximate surface area is 240 Å². The fourth-order valence-corrected chi connectivity index (χ4v) is 4.58. The number of urea groups is 1. The number of aromatic nitrogens is 4. The van der Waals surface area contributed by atoms with E-state index < -0.39 is 40.6 Å². The highest BCUT2D eigenvalue weighted by Crippen LogP contribution is 2.37. The number of carbonyl (C=O) groups is 2. The van der Waals surface area contributed by atoms with Crippen molar-refractivity contribution in [3.8, 4) is 22.8 Å². The Morgan fingerprint density at radius 1 is 1.09 bits per heavy atom. The van der Waals surface area contributed by atoms with E-state index in [1.54, 1.807) is 4.90 Å². The Kier molecular flexibility index (Phi) is 8.09. The lowest BCUT2D eigenvalue weighted by atomic mass is 10.1. The first-order valence-corrected chi connectivity index (χ1v) is 12.8. The number of nitrogen functional groups attached to an aromatic ring is 1. The molecule has 3 heterocycles. The van der Waals surface area contributed by atoms with E-state index in [-0.39, 0.29) is 65.2 Å². The summed E-state index contributed by atoms with van der Waals surface area (Å²) >= 11 is 0.